The number of thioether (sulfide) groups is 2. The van der Waals surface area contributed by atoms with Gasteiger partial charge in [-0.25, -0.2) is 4.99 Å². The van der Waals surface area contributed by atoms with Gasteiger partial charge in [-0.1, -0.05) is 44.9 Å². The third-order valence-corrected chi connectivity index (χ3v) is 9.40. The van der Waals surface area contributed by atoms with E-state index in [1.807, 2.05) is 13.8 Å². The van der Waals surface area contributed by atoms with Crippen LogP contribution in [0.2, 0.25) is 0 Å². The van der Waals surface area contributed by atoms with Crippen LogP contribution >= 0.6 is 23.5 Å². The number of rotatable bonds is 9. The largest absolute Gasteiger partial charge is 0.416 e. The Hall–Kier alpha value is -1.84. The van der Waals surface area contributed by atoms with Crippen molar-refractivity contribution in [2.24, 2.45) is 21.6 Å². The van der Waals surface area contributed by atoms with Gasteiger partial charge in [0, 0.05) is 5.92 Å². The topological polar surface area (TPSA) is 86.0 Å². The number of alkyl halides is 3. The van der Waals surface area contributed by atoms with E-state index in [4.69, 9.17) is 5.73 Å². The maximum atomic E-state index is 13.8. The average molecular weight is 467 g/mol. The van der Waals surface area contributed by atoms with Crippen LogP contribution < -0.4 is 5.73 Å². The molecule has 1 fully saturated rings. The number of benzene rings is 1. The fourth-order valence-corrected chi connectivity index (χ4v) is 8.22. The van der Waals surface area contributed by atoms with Crippen LogP contribution in [0.1, 0.15) is 56.6 Å². The number of aliphatic imine (C=N–C) groups is 1. The van der Waals surface area contributed by atoms with Gasteiger partial charge in [0.2, 0.25) is 0 Å². The fraction of sp³-hybridized carbons (Fsp3) is 0.591. The maximum absolute atomic E-state index is 13.8. The standard InChI is InChI=1S/C22H25F3N4S2/c1-3-5-11-30-22(31-12-6-4-2)20(14-27)17(19(20,13-26)18(28)29-22)15-9-7-8-10-16(15)21(23,24)25/h7-10,17H,3-6,11-12H2,1-2H3,(H2,28,29). The van der Waals surface area contributed by atoms with Crippen LogP contribution in [0.15, 0.2) is 29.3 Å². The van der Waals surface area contributed by atoms with E-state index in [0.717, 1.165) is 31.7 Å². The molecule has 0 radical (unpaired) electrons. The van der Waals surface area contributed by atoms with E-state index >= 15 is 0 Å². The Bertz CT molecular complexity index is 939. The van der Waals surface area contributed by atoms with Gasteiger partial charge in [0.25, 0.3) is 0 Å². The van der Waals surface area contributed by atoms with E-state index in [9.17, 15) is 23.7 Å². The summed E-state index contributed by atoms with van der Waals surface area (Å²) < 4.78 is 40.4. The molecule has 2 aliphatic rings. The van der Waals surface area contributed by atoms with Crippen molar-refractivity contribution in [3.05, 3.63) is 35.4 Å². The molecule has 1 aliphatic heterocycles. The van der Waals surface area contributed by atoms with Crippen LogP contribution in [0.5, 0.6) is 0 Å². The molecule has 3 unspecified atom stereocenters. The molecule has 31 heavy (non-hydrogen) atoms. The summed E-state index contributed by atoms with van der Waals surface area (Å²) in [6, 6.07) is 9.63. The summed E-state index contributed by atoms with van der Waals surface area (Å²) in [6.07, 6.45) is -0.974. The lowest BCUT2D eigenvalue weighted by Gasteiger charge is -2.32. The minimum absolute atomic E-state index is 0.0217. The Morgan fingerprint density at radius 3 is 2.13 bits per heavy atom. The van der Waals surface area contributed by atoms with Crippen molar-refractivity contribution in [3.63, 3.8) is 0 Å². The zero-order valence-electron chi connectivity index (χ0n) is 17.5. The molecule has 166 valence electrons. The average Bonchev–Trinajstić information content (AvgIpc) is 3.32. The highest BCUT2D eigenvalue weighted by molar-refractivity contribution is 8.18. The van der Waals surface area contributed by atoms with Crippen molar-refractivity contribution < 1.29 is 13.2 Å². The van der Waals surface area contributed by atoms with Gasteiger partial charge in [-0.3, -0.25) is 0 Å². The quantitative estimate of drug-likeness (QED) is 0.361. The Balaban J connectivity index is 2.18. The van der Waals surface area contributed by atoms with Crippen molar-refractivity contribution in [3.8, 4) is 12.1 Å². The fourth-order valence-electron chi connectivity index (χ4n) is 4.54. The highest BCUT2D eigenvalue weighted by Crippen LogP contribution is 2.85. The van der Waals surface area contributed by atoms with Crippen LogP contribution in [0, 0.1) is 33.5 Å². The molecule has 0 saturated heterocycles. The SMILES string of the molecule is CCCCSC1(SCCCC)N=C(N)C2(C#N)C(c3ccccc3C(F)(F)F)C12C#N. The molecular weight excluding hydrogens is 441 g/mol. The molecule has 9 heteroatoms. The second-order valence-corrected chi connectivity index (χ2v) is 10.7. The summed E-state index contributed by atoms with van der Waals surface area (Å²) in [5, 5.41) is 20.6. The molecule has 3 atom stereocenters. The number of nitriles is 2. The number of halogens is 3. The number of hydrogen-bond donors (Lipinski definition) is 1. The van der Waals surface area contributed by atoms with Crippen molar-refractivity contribution in [2.75, 3.05) is 11.5 Å². The summed E-state index contributed by atoms with van der Waals surface area (Å²) in [4.78, 5) is 4.64. The number of nitrogens with two attached hydrogens (primary N) is 1. The molecule has 1 heterocycles. The summed E-state index contributed by atoms with van der Waals surface area (Å²) >= 11 is 2.90. The first-order valence-electron chi connectivity index (χ1n) is 10.3. The molecule has 0 aromatic heterocycles. The highest BCUT2D eigenvalue weighted by Gasteiger charge is 2.92. The summed E-state index contributed by atoms with van der Waals surface area (Å²) in [7, 11) is 0. The van der Waals surface area contributed by atoms with E-state index in [2.05, 4.69) is 17.1 Å². The van der Waals surface area contributed by atoms with E-state index in [0.29, 0.717) is 11.5 Å². The second-order valence-electron chi connectivity index (χ2n) is 7.84. The van der Waals surface area contributed by atoms with Gasteiger partial charge in [0.05, 0.1) is 17.7 Å². The predicted molar refractivity (Wildman–Crippen MR) is 119 cm³/mol. The van der Waals surface area contributed by atoms with Gasteiger partial charge >= 0.3 is 6.18 Å². The van der Waals surface area contributed by atoms with Crippen molar-refractivity contribution in [1.29, 1.82) is 10.5 Å². The number of fused-ring (bicyclic) bond motifs is 1. The van der Waals surface area contributed by atoms with Crippen LogP contribution in [-0.2, 0) is 6.18 Å². The smallest absolute Gasteiger partial charge is 0.386 e. The normalized spacial score (nSPS) is 28.4. The third-order valence-electron chi connectivity index (χ3n) is 6.10. The zero-order chi connectivity index (χ0) is 22.9. The number of amidine groups is 1. The van der Waals surface area contributed by atoms with Crippen LogP contribution in [0.4, 0.5) is 13.2 Å². The molecule has 4 nitrogen and oxygen atoms in total. The minimum atomic E-state index is -4.60. The third kappa shape index (κ3) is 3.32. The van der Waals surface area contributed by atoms with Crippen LogP contribution in [-0.4, -0.2) is 21.5 Å². The number of hydrogen-bond acceptors (Lipinski definition) is 6. The highest BCUT2D eigenvalue weighted by atomic mass is 32.2. The van der Waals surface area contributed by atoms with Gasteiger partial charge in [-0.2, -0.15) is 23.7 Å². The molecule has 2 N–H and O–H groups in total. The molecule has 1 saturated carbocycles. The predicted octanol–water partition coefficient (Wildman–Crippen LogP) is 5.91. The Labute approximate surface area is 189 Å². The molecule has 1 aromatic carbocycles. The minimum Gasteiger partial charge on any atom is -0.386 e. The molecule has 0 amide bonds. The van der Waals surface area contributed by atoms with Gasteiger partial charge in [0.15, 0.2) is 4.20 Å². The first kappa shape index (κ1) is 23.8. The van der Waals surface area contributed by atoms with Gasteiger partial charge < -0.3 is 5.73 Å². The number of nitrogens with zero attached hydrogens (tertiary/aromatic N) is 3. The lowest BCUT2D eigenvalue weighted by Crippen LogP contribution is -2.32. The van der Waals surface area contributed by atoms with Gasteiger partial charge in [0.1, 0.15) is 16.7 Å². The van der Waals surface area contributed by atoms with Crippen LogP contribution in [0.25, 0.3) is 0 Å². The van der Waals surface area contributed by atoms with Crippen molar-refractivity contribution in [2.45, 2.75) is 55.8 Å². The summed E-state index contributed by atoms with van der Waals surface area (Å²) in [6.45, 7) is 4.09. The monoisotopic (exact) mass is 466 g/mol. The van der Waals surface area contributed by atoms with E-state index < -0.39 is 32.7 Å². The summed E-state index contributed by atoms with van der Waals surface area (Å²) in [5.41, 5.74) is 2.39. The molecule has 0 spiro atoms. The van der Waals surface area contributed by atoms with Gasteiger partial charge in [-0.15, -0.1) is 23.5 Å². The molecule has 1 aromatic rings. The molecular formula is C22H25F3N4S2. The molecule has 1 aliphatic carbocycles. The van der Waals surface area contributed by atoms with Gasteiger partial charge in [-0.05, 0) is 36.0 Å². The first-order chi connectivity index (χ1) is 14.7. The number of unbranched alkanes of at least 4 members (excludes halogenated alkanes) is 2. The van der Waals surface area contributed by atoms with E-state index in [-0.39, 0.29) is 11.4 Å². The van der Waals surface area contributed by atoms with E-state index in [1.165, 1.54) is 41.7 Å². The first-order valence-corrected chi connectivity index (χ1v) is 12.3. The maximum Gasteiger partial charge on any atom is 0.416 e. The summed E-state index contributed by atoms with van der Waals surface area (Å²) in [5.74, 6) is 0.371. The zero-order valence-corrected chi connectivity index (χ0v) is 19.1. The molecule has 0 bridgehead atoms. The molecule has 3 rings (SSSR count). The Kier molecular flexibility index (Phi) is 6.60. The Morgan fingerprint density at radius 2 is 1.65 bits per heavy atom. The van der Waals surface area contributed by atoms with E-state index in [1.54, 1.807) is 0 Å². The lowest BCUT2D eigenvalue weighted by molar-refractivity contribution is -0.138. The van der Waals surface area contributed by atoms with Crippen molar-refractivity contribution >= 4 is 29.4 Å². The van der Waals surface area contributed by atoms with Crippen LogP contribution in [0.3, 0.4) is 0 Å². The second kappa shape index (κ2) is 8.60. The Morgan fingerprint density at radius 1 is 1.06 bits per heavy atom. The lowest BCUT2D eigenvalue weighted by atomic mass is 9.95. The van der Waals surface area contributed by atoms with Crippen molar-refractivity contribution in [1.82, 2.24) is 0 Å².